The Morgan fingerprint density at radius 2 is 2.00 bits per heavy atom. The monoisotopic (exact) mass is 265 g/mol. The molecule has 0 spiro atoms. The van der Waals surface area contributed by atoms with E-state index in [1.807, 2.05) is 0 Å². The summed E-state index contributed by atoms with van der Waals surface area (Å²) in [5.74, 6) is 1.11. The third-order valence-electron chi connectivity index (χ3n) is 5.22. The molecule has 0 aromatic carbocycles. The summed E-state index contributed by atoms with van der Waals surface area (Å²) in [6.45, 7) is 7.94. The Hall–Kier alpha value is -0.610. The molecule has 4 heteroatoms. The Labute approximate surface area is 116 Å². The van der Waals surface area contributed by atoms with Gasteiger partial charge in [0.25, 0.3) is 0 Å². The molecule has 4 aliphatic rings. The summed E-state index contributed by atoms with van der Waals surface area (Å²) in [7, 11) is 0. The van der Waals surface area contributed by atoms with Gasteiger partial charge in [0.2, 0.25) is 5.91 Å². The molecule has 4 aliphatic heterocycles. The van der Waals surface area contributed by atoms with Crippen LogP contribution in [0.1, 0.15) is 46.0 Å². The Morgan fingerprint density at radius 3 is 2.53 bits per heavy atom. The molecule has 4 saturated heterocycles. The van der Waals surface area contributed by atoms with Gasteiger partial charge in [-0.05, 0) is 44.7 Å². The van der Waals surface area contributed by atoms with E-state index in [9.17, 15) is 4.79 Å². The molecule has 1 amide bonds. The summed E-state index contributed by atoms with van der Waals surface area (Å²) in [5, 5.41) is 3.56. The van der Waals surface area contributed by atoms with Crippen molar-refractivity contribution in [2.45, 2.75) is 64.2 Å². The van der Waals surface area contributed by atoms with Crippen molar-refractivity contribution in [3.63, 3.8) is 0 Å². The fourth-order valence-electron chi connectivity index (χ4n) is 4.17. The smallest absolute Gasteiger partial charge is 0.241 e. The van der Waals surface area contributed by atoms with Gasteiger partial charge < -0.3 is 9.80 Å². The zero-order valence-corrected chi connectivity index (χ0v) is 12.3. The number of carbonyl (C=O) groups excluding carboxylic acids is 1. The lowest BCUT2D eigenvalue weighted by molar-refractivity contribution is -0.136. The molecule has 0 radical (unpaired) electrons. The van der Waals surface area contributed by atoms with E-state index in [-0.39, 0.29) is 12.2 Å². The number of nitrogens with one attached hydrogen (secondary N) is 1. The standard InChI is InChI=1S/C15H27N3O/c1-3-5-12-15(19)18(14(4-2)16-12)13-10-17-8-6-11(13)7-9-17/h11-14,16H,3-10H2,1-2H3. The lowest BCUT2D eigenvalue weighted by atomic mass is 9.83. The Kier molecular flexibility index (Phi) is 3.81. The quantitative estimate of drug-likeness (QED) is 0.835. The number of piperidine rings is 3. The molecule has 108 valence electrons. The number of fused-ring (bicyclic) bond motifs is 3. The zero-order chi connectivity index (χ0) is 13.4. The Balaban J connectivity index is 1.76. The van der Waals surface area contributed by atoms with E-state index < -0.39 is 0 Å². The van der Waals surface area contributed by atoms with Crippen LogP contribution in [0, 0.1) is 5.92 Å². The fourth-order valence-corrected chi connectivity index (χ4v) is 4.17. The predicted octanol–water partition coefficient (Wildman–Crippen LogP) is 1.42. The summed E-state index contributed by atoms with van der Waals surface area (Å²) in [4.78, 5) is 17.4. The number of rotatable bonds is 4. The van der Waals surface area contributed by atoms with Gasteiger partial charge in [-0.25, -0.2) is 0 Å². The van der Waals surface area contributed by atoms with Gasteiger partial charge in [0, 0.05) is 12.6 Å². The maximum absolute atomic E-state index is 12.7. The van der Waals surface area contributed by atoms with Crippen molar-refractivity contribution >= 4 is 5.91 Å². The predicted molar refractivity (Wildman–Crippen MR) is 75.7 cm³/mol. The number of nitrogens with zero attached hydrogens (tertiary/aromatic N) is 2. The molecule has 19 heavy (non-hydrogen) atoms. The van der Waals surface area contributed by atoms with Crippen LogP contribution in [0.4, 0.5) is 0 Å². The Morgan fingerprint density at radius 1 is 1.26 bits per heavy atom. The molecule has 4 nitrogen and oxygen atoms in total. The summed E-state index contributed by atoms with van der Waals surface area (Å²) in [6, 6.07) is 0.541. The molecule has 0 aromatic heterocycles. The van der Waals surface area contributed by atoms with E-state index in [2.05, 4.69) is 29.0 Å². The summed E-state index contributed by atoms with van der Waals surface area (Å²) in [6.07, 6.45) is 5.91. The van der Waals surface area contributed by atoms with Crippen LogP contribution in [0.25, 0.3) is 0 Å². The average molecular weight is 265 g/mol. The largest absolute Gasteiger partial charge is 0.321 e. The van der Waals surface area contributed by atoms with Crippen LogP contribution in [0.3, 0.4) is 0 Å². The average Bonchev–Trinajstić information content (AvgIpc) is 2.77. The highest BCUT2D eigenvalue weighted by atomic mass is 16.2. The van der Waals surface area contributed by atoms with Crippen molar-refractivity contribution < 1.29 is 4.79 Å². The first kappa shape index (κ1) is 13.4. The molecule has 4 fully saturated rings. The van der Waals surface area contributed by atoms with Gasteiger partial charge in [0.05, 0.1) is 12.2 Å². The van der Waals surface area contributed by atoms with Crippen LogP contribution in [-0.4, -0.2) is 53.6 Å². The summed E-state index contributed by atoms with van der Waals surface area (Å²) >= 11 is 0. The number of amides is 1. The first-order valence-electron chi connectivity index (χ1n) is 8.05. The molecule has 2 bridgehead atoms. The van der Waals surface area contributed by atoms with Crippen LogP contribution in [0.5, 0.6) is 0 Å². The fraction of sp³-hybridized carbons (Fsp3) is 0.933. The lowest BCUT2D eigenvalue weighted by Crippen LogP contribution is -2.60. The highest BCUT2D eigenvalue weighted by Crippen LogP contribution is 2.34. The van der Waals surface area contributed by atoms with Gasteiger partial charge in [-0.2, -0.15) is 0 Å². The van der Waals surface area contributed by atoms with E-state index in [4.69, 9.17) is 0 Å². The minimum absolute atomic E-state index is 0.0744. The molecule has 3 atom stereocenters. The normalized spacial score (nSPS) is 42.1. The third-order valence-corrected chi connectivity index (χ3v) is 5.22. The first-order valence-corrected chi connectivity index (χ1v) is 8.05. The van der Waals surface area contributed by atoms with Crippen LogP contribution in [0.2, 0.25) is 0 Å². The highest BCUT2D eigenvalue weighted by molar-refractivity contribution is 5.84. The van der Waals surface area contributed by atoms with Crippen LogP contribution in [0.15, 0.2) is 0 Å². The van der Waals surface area contributed by atoms with Gasteiger partial charge in [-0.15, -0.1) is 0 Å². The van der Waals surface area contributed by atoms with Crippen molar-refractivity contribution in [3.05, 3.63) is 0 Å². The van der Waals surface area contributed by atoms with E-state index in [1.165, 1.54) is 25.9 Å². The molecular weight excluding hydrogens is 238 g/mol. The molecule has 3 unspecified atom stereocenters. The molecule has 0 aliphatic carbocycles. The third kappa shape index (κ3) is 2.29. The van der Waals surface area contributed by atoms with Crippen molar-refractivity contribution in [2.75, 3.05) is 19.6 Å². The Bertz CT molecular complexity index is 338. The maximum Gasteiger partial charge on any atom is 0.241 e. The van der Waals surface area contributed by atoms with Crippen molar-refractivity contribution in [2.24, 2.45) is 5.92 Å². The van der Waals surface area contributed by atoms with Gasteiger partial charge in [0.1, 0.15) is 0 Å². The van der Waals surface area contributed by atoms with E-state index in [0.29, 0.717) is 11.9 Å². The van der Waals surface area contributed by atoms with E-state index in [1.54, 1.807) is 0 Å². The summed E-state index contributed by atoms with van der Waals surface area (Å²) < 4.78 is 0. The minimum Gasteiger partial charge on any atom is -0.321 e. The van der Waals surface area contributed by atoms with Crippen LogP contribution in [-0.2, 0) is 4.79 Å². The van der Waals surface area contributed by atoms with Crippen molar-refractivity contribution in [1.29, 1.82) is 0 Å². The van der Waals surface area contributed by atoms with E-state index >= 15 is 0 Å². The number of carbonyl (C=O) groups is 1. The SMILES string of the molecule is CCCC1NC(CC)N(C2CN3CCC2CC3)C1=O. The second kappa shape index (κ2) is 5.41. The number of hydrogen-bond acceptors (Lipinski definition) is 3. The summed E-state index contributed by atoms with van der Waals surface area (Å²) in [5.41, 5.74) is 0. The number of hydrogen-bond donors (Lipinski definition) is 1. The van der Waals surface area contributed by atoms with Gasteiger partial charge in [-0.3, -0.25) is 10.1 Å². The molecule has 4 heterocycles. The molecule has 1 N–H and O–H groups in total. The second-order valence-corrected chi connectivity index (χ2v) is 6.38. The molecule has 0 saturated carbocycles. The zero-order valence-electron chi connectivity index (χ0n) is 12.3. The van der Waals surface area contributed by atoms with E-state index in [0.717, 1.165) is 31.7 Å². The van der Waals surface area contributed by atoms with Crippen molar-refractivity contribution in [3.8, 4) is 0 Å². The highest BCUT2D eigenvalue weighted by Gasteiger charge is 2.46. The second-order valence-electron chi connectivity index (χ2n) is 6.38. The van der Waals surface area contributed by atoms with Gasteiger partial charge >= 0.3 is 0 Å². The molecule has 0 aromatic rings. The molecular formula is C15H27N3O. The van der Waals surface area contributed by atoms with Gasteiger partial charge in [-0.1, -0.05) is 20.3 Å². The minimum atomic E-state index is 0.0744. The lowest BCUT2D eigenvalue weighted by Gasteiger charge is -2.49. The molecule has 4 rings (SSSR count). The maximum atomic E-state index is 12.7. The first-order chi connectivity index (χ1) is 9.24. The van der Waals surface area contributed by atoms with Gasteiger partial charge in [0.15, 0.2) is 0 Å². The van der Waals surface area contributed by atoms with Crippen molar-refractivity contribution in [1.82, 2.24) is 15.1 Å². The van der Waals surface area contributed by atoms with Crippen LogP contribution >= 0.6 is 0 Å². The topological polar surface area (TPSA) is 35.6 Å². The van der Waals surface area contributed by atoms with Crippen LogP contribution < -0.4 is 5.32 Å².